The Morgan fingerprint density at radius 1 is 1.17 bits per heavy atom. The number of ether oxygens (including phenoxy) is 1. The van der Waals surface area contributed by atoms with E-state index in [9.17, 15) is 4.79 Å². The molecule has 0 bridgehead atoms. The van der Waals surface area contributed by atoms with Crippen molar-refractivity contribution >= 4 is 17.4 Å². The highest BCUT2D eigenvalue weighted by molar-refractivity contribution is 6.04. The Bertz CT molecular complexity index is 664. The number of aromatic nitrogens is 1. The number of methoxy groups -OCH3 is 1. The number of carbonyl (C=O) groups excluding carboxylic acids is 1. The van der Waals surface area contributed by atoms with Crippen molar-refractivity contribution in [3.63, 3.8) is 0 Å². The number of nitrogens with zero attached hydrogens (tertiary/aromatic N) is 2. The summed E-state index contributed by atoms with van der Waals surface area (Å²) in [6.07, 6.45) is 5.44. The average Bonchev–Trinajstić information content (AvgIpc) is 2.63. The molecule has 2 heterocycles. The number of benzene rings is 1. The van der Waals surface area contributed by atoms with Gasteiger partial charge >= 0.3 is 0 Å². The van der Waals surface area contributed by atoms with Crippen molar-refractivity contribution in [1.29, 1.82) is 0 Å². The molecule has 1 amide bonds. The van der Waals surface area contributed by atoms with Crippen LogP contribution in [0.2, 0.25) is 0 Å². The van der Waals surface area contributed by atoms with Crippen molar-refractivity contribution < 1.29 is 9.53 Å². The number of nitrogens with one attached hydrogen (secondary N) is 1. The summed E-state index contributed by atoms with van der Waals surface area (Å²) >= 11 is 0. The van der Waals surface area contributed by atoms with E-state index in [1.165, 1.54) is 19.3 Å². The first kappa shape index (κ1) is 15.3. The Hall–Kier alpha value is -2.56. The van der Waals surface area contributed by atoms with E-state index in [0.29, 0.717) is 17.0 Å². The van der Waals surface area contributed by atoms with E-state index in [2.05, 4.69) is 15.2 Å². The van der Waals surface area contributed by atoms with E-state index >= 15 is 0 Å². The van der Waals surface area contributed by atoms with Crippen LogP contribution in [0, 0.1) is 0 Å². The maximum atomic E-state index is 12.3. The molecule has 1 aromatic heterocycles. The molecule has 0 spiro atoms. The van der Waals surface area contributed by atoms with Crippen LogP contribution >= 0.6 is 0 Å². The van der Waals surface area contributed by atoms with Crippen LogP contribution in [0.15, 0.2) is 42.6 Å². The zero-order chi connectivity index (χ0) is 16.1. The number of rotatable bonds is 4. The lowest BCUT2D eigenvalue weighted by molar-refractivity contribution is 0.102. The topological polar surface area (TPSA) is 54.5 Å². The Labute approximate surface area is 136 Å². The minimum atomic E-state index is -0.170. The molecule has 0 atom stereocenters. The summed E-state index contributed by atoms with van der Waals surface area (Å²) in [5.74, 6) is 1.47. The predicted octanol–water partition coefficient (Wildman–Crippen LogP) is 3.33. The van der Waals surface area contributed by atoms with E-state index in [-0.39, 0.29) is 5.91 Å². The zero-order valence-corrected chi connectivity index (χ0v) is 13.3. The number of pyridine rings is 1. The lowest BCUT2D eigenvalue weighted by atomic mass is 10.1. The third kappa shape index (κ3) is 3.80. The first-order valence-electron chi connectivity index (χ1n) is 7.93. The summed E-state index contributed by atoms with van der Waals surface area (Å²) in [6.45, 7) is 2.12. The number of hydrogen-bond acceptors (Lipinski definition) is 4. The second kappa shape index (κ2) is 7.13. The normalized spacial score (nSPS) is 14.4. The number of carbonyl (C=O) groups is 1. The molecule has 1 aliphatic rings. The third-order valence-electron chi connectivity index (χ3n) is 4.02. The highest BCUT2D eigenvalue weighted by atomic mass is 16.5. The van der Waals surface area contributed by atoms with Gasteiger partial charge in [-0.3, -0.25) is 4.79 Å². The van der Waals surface area contributed by atoms with Crippen LogP contribution < -0.4 is 15.0 Å². The summed E-state index contributed by atoms with van der Waals surface area (Å²) in [5.41, 5.74) is 1.25. The molecule has 5 nitrogen and oxygen atoms in total. The quantitative estimate of drug-likeness (QED) is 0.941. The van der Waals surface area contributed by atoms with Gasteiger partial charge in [0.2, 0.25) is 0 Å². The fourth-order valence-corrected chi connectivity index (χ4v) is 2.74. The molecule has 23 heavy (non-hydrogen) atoms. The van der Waals surface area contributed by atoms with E-state index in [1.54, 1.807) is 31.5 Å². The minimum Gasteiger partial charge on any atom is -0.497 e. The van der Waals surface area contributed by atoms with Gasteiger partial charge in [-0.1, -0.05) is 6.07 Å². The number of anilines is 2. The maximum absolute atomic E-state index is 12.3. The Balaban J connectivity index is 1.66. The molecule has 1 aromatic carbocycles. The number of piperidine rings is 1. The zero-order valence-electron chi connectivity index (χ0n) is 13.3. The Morgan fingerprint density at radius 2 is 2.00 bits per heavy atom. The fraction of sp³-hybridized carbons (Fsp3) is 0.333. The largest absolute Gasteiger partial charge is 0.497 e. The van der Waals surface area contributed by atoms with Crippen molar-refractivity contribution in [3.8, 4) is 5.75 Å². The van der Waals surface area contributed by atoms with Gasteiger partial charge in [0, 0.05) is 18.7 Å². The van der Waals surface area contributed by atoms with Gasteiger partial charge in [0.05, 0.1) is 19.0 Å². The molecule has 0 aliphatic carbocycles. The van der Waals surface area contributed by atoms with Crippen molar-refractivity contribution in [1.82, 2.24) is 4.98 Å². The van der Waals surface area contributed by atoms with E-state index in [0.717, 1.165) is 18.9 Å². The van der Waals surface area contributed by atoms with Crippen LogP contribution in [-0.2, 0) is 0 Å². The van der Waals surface area contributed by atoms with Gasteiger partial charge in [0.25, 0.3) is 5.91 Å². The van der Waals surface area contributed by atoms with Crippen LogP contribution in [0.3, 0.4) is 0 Å². The molecular weight excluding hydrogens is 290 g/mol. The van der Waals surface area contributed by atoms with Gasteiger partial charge in [-0.25, -0.2) is 4.98 Å². The molecule has 0 radical (unpaired) electrons. The molecule has 1 aliphatic heterocycles. The lowest BCUT2D eigenvalue weighted by Gasteiger charge is -2.27. The van der Waals surface area contributed by atoms with Gasteiger partial charge < -0.3 is 15.0 Å². The van der Waals surface area contributed by atoms with E-state index in [4.69, 9.17) is 4.74 Å². The molecule has 1 N–H and O–H groups in total. The molecule has 120 valence electrons. The van der Waals surface area contributed by atoms with Crippen molar-refractivity contribution in [3.05, 3.63) is 48.2 Å². The summed E-state index contributed by atoms with van der Waals surface area (Å²) in [4.78, 5) is 19.0. The van der Waals surface area contributed by atoms with Gasteiger partial charge in [0.15, 0.2) is 0 Å². The summed E-state index contributed by atoms with van der Waals surface area (Å²) in [6, 6.07) is 10.9. The van der Waals surface area contributed by atoms with Crippen molar-refractivity contribution in [2.75, 3.05) is 30.4 Å². The molecule has 0 unspecified atom stereocenters. The highest BCUT2D eigenvalue weighted by Crippen LogP contribution is 2.20. The minimum absolute atomic E-state index is 0.170. The molecule has 2 aromatic rings. The summed E-state index contributed by atoms with van der Waals surface area (Å²) in [7, 11) is 1.58. The second-order valence-electron chi connectivity index (χ2n) is 5.64. The lowest BCUT2D eigenvalue weighted by Crippen LogP contribution is -2.30. The summed E-state index contributed by atoms with van der Waals surface area (Å²) < 4.78 is 5.14. The van der Waals surface area contributed by atoms with E-state index in [1.807, 2.05) is 18.2 Å². The van der Waals surface area contributed by atoms with Crippen LogP contribution in [0.5, 0.6) is 5.75 Å². The number of hydrogen-bond donors (Lipinski definition) is 1. The van der Waals surface area contributed by atoms with Crippen LogP contribution in [-0.4, -0.2) is 31.1 Å². The first-order valence-corrected chi connectivity index (χ1v) is 7.93. The highest BCUT2D eigenvalue weighted by Gasteiger charge is 2.12. The molecule has 1 saturated heterocycles. The first-order chi connectivity index (χ1) is 11.3. The van der Waals surface area contributed by atoms with Crippen molar-refractivity contribution in [2.24, 2.45) is 0 Å². The van der Waals surface area contributed by atoms with Crippen LogP contribution in [0.4, 0.5) is 11.5 Å². The monoisotopic (exact) mass is 311 g/mol. The van der Waals surface area contributed by atoms with Crippen LogP contribution in [0.25, 0.3) is 0 Å². The second-order valence-corrected chi connectivity index (χ2v) is 5.64. The predicted molar refractivity (Wildman–Crippen MR) is 91.2 cm³/mol. The van der Waals surface area contributed by atoms with Crippen LogP contribution in [0.1, 0.15) is 29.6 Å². The number of amides is 1. The average molecular weight is 311 g/mol. The molecule has 3 rings (SSSR count). The molecular formula is C18H21N3O2. The summed E-state index contributed by atoms with van der Waals surface area (Å²) in [5, 5.41) is 2.86. The Morgan fingerprint density at radius 3 is 2.70 bits per heavy atom. The van der Waals surface area contributed by atoms with Gasteiger partial charge in [-0.15, -0.1) is 0 Å². The maximum Gasteiger partial charge on any atom is 0.255 e. The van der Waals surface area contributed by atoms with E-state index < -0.39 is 0 Å². The SMILES string of the molecule is COc1cccc(C(=O)Nc2ccc(N3CCCCC3)nc2)c1. The molecule has 5 heteroatoms. The van der Waals surface area contributed by atoms with Gasteiger partial charge in [-0.2, -0.15) is 0 Å². The van der Waals surface area contributed by atoms with Gasteiger partial charge in [0.1, 0.15) is 11.6 Å². The standard InChI is InChI=1S/C18H21N3O2/c1-23-16-7-5-6-14(12-16)18(22)20-15-8-9-17(19-13-15)21-10-3-2-4-11-21/h5-9,12-13H,2-4,10-11H2,1H3,(H,20,22). The fourth-order valence-electron chi connectivity index (χ4n) is 2.74. The smallest absolute Gasteiger partial charge is 0.255 e. The molecule has 0 saturated carbocycles. The van der Waals surface area contributed by atoms with Gasteiger partial charge in [-0.05, 0) is 49.6 Å². The third-order valence-corrected chi connectivity index (χ3v) is 4.02. The van der Waals surface area contributed by atoms with Crippen molar-refractivity contribution in [2.45, 2.75) is 19.3 Å². The molecule has 1 fully saturated rings. The Kier molecular flexibility index (Phi) is 4.76.